The van der Waals surface area contributed by atoms with Crippen molar-refractivity contribution in [3.63, 3.8) is 0 Å². The van der Waals surface area contributed by atoms with E-state index in [0.29, 0.717) is 11.4 Å². The number of pyridine rings is 1. The third-order valence-corrected chi connectivity index (χ3v) is 1.04. The summed E-state index contributed by atoms with van der Waals surface area (Å²) in [4.78, 5) is 3.75. The molecule has 0 aliphatic rings. The number of nitrogens with one attached hydrogen (secondary N) is 1. The number of aromatic nitrogens is 1. The van der Waals surface area contributed by atoms with Crippen molar-refractivity contribution in [1.82, 2.24) is 4.98 Å². The fourth-order valence-electron chi connectivity index (χ4n) is 0.581. The summed E-state index contributed by atoms with van der Waals surface area (Å²) in [7, 11) is 0. The molecule has 0 saturated carbocycles. The Morgan fingerprint density at radius 1 is 1.70 bits per heavy atom. The van der Waals surface area contributed by atoms with Gasteiger partial charge in [-0.2, -0.15) is 5.26 Å². The van der Waals surface area contributed by atoms with Crippen molar-refractivity contribution in [2.24, 2.45) is 5.84 Å². The maximum absolute atomic E-state index is 8.38. The molecule has 10 heavy (non-hydrogen) atoms. The van der Waals surface area contributed by atoms with Crippen molar-refractivity contribution in [2.75, 3.05) is 5.43 Å². The van der Waals surface area contributed by atoms with Gasteiger partial charge in [0.05, 0.1) is 5.69 Å². The van der Waals surface area contributed by atoms with Gasteiger partial charge >= 0.3 is 0 Å². The van der Waals surface area contributed by atoms with Gasteiger partial charge in [0.25, 0.3) is 0 Å². The summed E-state index contributed by atoms with van der Waals surface area (Å²) in [6.45, 7) is 0. The van der Waals surface area contributed by atoms with Crippen LogP contribution in [0.1, 0.15) is 5.69 Å². The number of hydrogen-bond acceptors (Lipinski definition) is 4. The van der Waals surface area contributed by atoms with E-state index in [4.69, 9.17) is 11.1 Å². The Hall–Kier alpha value is -1.60. The molecule has 0 bridgehead atoms. The average molecular weight is 134 g/mol. The lowest BCUT2D eigenvalue weighted by Gasteiger charge is -1.96. The van der Waals surface area contributed by atoms with Gasteiger partial charge < -0.3 is 5.43 Å². The van der Waals surface area contributed by atoms with Gasteiger partial charge in [-0.1, -0.05) is 0 Å². The fourth-order valence-corrected chi connectivity index (χ4v) is 0.581. The topological polar surface area (TPSA) is 74.7 Å². The number of nitrogens with two attached hydrogens (primary N) is 1. The van der Waals surface area contributed by atoms with E-state index in [9.17, 15) is 0 Å². The second kappa shape index (κ2) is 2.80. The molecule has 0 spiro atoms. The summed E-state index contributed by atoms with van der Waals surface area (Å²) < 4.78 is 0. The van der Waals surface area contributed by atoms with Gasteiger partial charge in [-0.15, -0.1) is 0 Å². The summed E-state index contributed by atoms with van der Waals surface area (Å²) >= 11 is 0. The lowest BCUT2D eigenvalue weighted by Crippen LogP contribution is -2.06. The molecule has 4 heteroatoms. The van der Waals surface area contributed by atoms with Gasteiger partial charge in [-0.25, -0.2) is 4.98 Å². The van der Waals surface area contributed by atoms with E-state index < -0.39 is 0 Å². The molecule has 1 aromatic heterocycles. The molecule has 0 fully saturated rings. The summed E-state index contributed by atoms with van der Waals surface area (Å²) in [5.41, 5.74) is 3.45. The highest BCUT2D eigenvalue weighted by atomic mass is 15.2. The lowest BCUT2D eigenvalue weighted by molar-refractivity contribution is 1.24. The van der Waals surface area contributed by atoms with Crippen molar-refractivity contribution in [3.8, 4) is 6.07 Å². The average Bonchev–Trinajstić information content (AvgIpc) is 2.05. The van der Waals surface area contributed by atoms with Crippen molar-refractivity contribution in [1.29, 1.82) is 5.26 Å². The molecule has 0 unspecified atom stereocenters. The molecule has 0 amide bonds. The minimum atomic E-state index is 0.357. The van der Waals surface area contributed by atoms with Crippen molar-refractivity contribution < 1.29 is 0 Å². The predicted octanol–water partition coefficient (Wildman–Crippen LogP) is 0.239. The Labute approximate surface area is 58.3 Å². The number of hydrogen-bond donors (Lipinski definition) is 2. The molecule has 0 radical (unpaired) electrons. The van der Waals surface area contributed by atoms with Crippen LogP contribution in [-0.2, 0) is 0 Å². The van der Waals surface area contributed by atoms with E-state index in [-0.39, 0.29) is 0 Å². The SMILES string of the molecule is N#Cc1cc(NN)ccn1. The van der Waals surface area contributed by atoms with E-state index in [1.165, 1.54) is 6.20 Å². The highest BCUT2D eigenvalue weighted by Gasteiger charge is 1.91. The first-order valence-electron chi connectivity index (χ1n) is 2.69. The number of rotatable bonds is 1. The Morgan fingerprint density at radius 3 is 3.10 bits per heavy atom. The second-order valence-corrected chi connectivity index (χ2v) is 1.69. The zero-order chi connectivity index (χ0) is 7.40. The minimum Gasteiger partial charge on any atom is -0.324 e. The summed E-state index contributed by atoms with van der Waals surface area (Å²) in [6, 6.07) is 5.15. The molecule has 1 rings (SSSR count). The minimum absolute atomic E-state index is 0.357. The smallest absolute Gasteiger partial charge is 0.142 e. The van der Waals surface area contributed by atoms with E-state index in [2.05, 4.69) is 10.4 Å². The first-order valence-corrected chi connectivity index (χ1v) is 2.69. The molecule has 0 aliphatic carbocycles. The Balaban J connectivity index is 3.01. The van der Waals surface area contributed by atoms with Crippen LogP contribution in [0.3, 0.4) is 0 Å². The highest BCUT2D eigenvalue weighted by Crippen LogP contribution is 2.03. The molecule has 0 atom stereocenters. The molecule has 0 saturated heterocycles. The van der Waals surface area contributed by atoms with E-state index >= 15 is 0 Å². The van der Waals surface area contributed by atoms with Crippen LogP contribution >= 0.6 is 0 Å². The third-order valence-electron chi connectivity index (χ3n) is 1.04. The standard InChI is InChI=1S/C6H6N4/c7-4-6-3-5(10-8)1-2-9-6/h1-3H,8H2,(H,9,10). The number of nitrogen functional groups attached to an aromatic ring is 1. The van der Waals surface area contributed by atoms with Crippen molar-refractivity contribution >= 4 is 5.69 Å². The zero-order valence-electron chi connectivity index (χ0n) is 5.20. The molecule has 1 aromatic rings. The van der Waals surface area contributed by atoms with Crippen LogP contribution in [0.2, 0.25) is 0 Å². The summed E-state index contributed by atoms with van der Waals surface area (Å²) in [5, 5.41) is 8.38. The number of nitriles is 1. The Bertz CT molecular complexity index is 263. The largest absolute Gasteiger partial charge is 0.324 e. The van der Waals surface area contributed by atoms with Gasteiger partial charge in [-0.05, 0) is 12.1 Å². The van der Waals surface area contributed by atoms with Crippen molar-refractivity contribution in [3.05, 3.63) is 24.0 Å². The maximum atomic E-state index is 8.38. The molecular weight excluding hydrogens is 128 g/mol. The number of hydrazine groups is 1. The fraction of sp³-hybridized carbons (Fsp3) is 0. The van der Waals surface area contributed by atoms with Crippen LogP contribution in [0, 0.1) is 11.3 Å². The van der Waals surface area contributed by atoms with Crippen molar-refractivity contribution in [2.45, 2.75) is 0 Å². The van der Waals surface area contributed by atoms with Gasteiger partial charge in [0.15, 0.2) is 0 Å². The van der Waals surface area contributed by atoms with E-state index in [0.717, 1.165) is 0 Å². The third kappa shape index (κ3) is 1.21. The highest BCUT2D eigenvalue weighted by molar-refractivity contribution is 5.44. The quantitative estimate of drug-likeness (QED) is 0.426. The molecule has 1 heterocycles. The monoisotopic (exact) mass is 134 g/mol. The molecule has 0 aliphatic heterocycles. The van der Waals surface area contributed by atoms with Gasteiger partial charge in [0.2, 0.25) is 0 Å². The zero-order valence-corrected chi connectivity index (χ0v) is 5.20. The van der Waals surface area contributed by atoms with Gasteiger partial charge in [-0.3, -0.25) is 5.84 Å². The second-order valence-electron chi connectivity index (χ2n) is 1.69. The van der Waals surface area contributed by atoms with E-state index in [1.807, 2.05) is 6.07 Å². The predicted molar refractivity (Wildman–Crippen MR) is 36.8 cm³/mol. The van der Waals surface area contributed by atoms with Crippen LogP contribution in [0.4, 0.5) is 5.69 Å². The van der Waals surface area contributed by atoms with Gasteiger partial charge in [0.1, 0.15) is 11.8 Å². The number of nitrogens with zero attached hydrogens (tertiary/aromatic N) is 2. The summed E-state index contributed by atoms with van der Waals surface area (Å²) in [5.74, 6) is 5.09. The normalized spacial score (nSPS) is 8.40. The molecule has 50 valence electrons. The molecular formula is C6H6N4. The number of anilines is 1. The van der Waals surface area contributed by atoms with Crippen LogP contribution in [0.5, 0.6) is 0 Å². The molecule has 0 aromatic carbocycles. The Kier molecular flexibility index (Phi) is 1.83. The first kappa shape index (κ1) is 6.52. The van der Waals surface area contributed by atoms with Crippen LogP contribution < -0.4 is 11.3 Å². The molecule has 3 N–H and O–H groups in total. The lowest BCUT2D eigenvalue weighted by atomic mass is 10.3. The first-order chi connectivity index (χ1) is 4.86. The van der Waals surface area contributed by atoms with Gasteiger partial charge in [0, 0.05) is 6.20 Å². The summed E-state index contributed by atoms with van der Waals surface area (Å²) in [6.07, 6.45) is 1.52. The van der Waals surface area contributed by atoms with Crippen LogP contribution in [0.15, 0.2) is 18.3 Å². The van der Waals surface area contributed by atoms with Crippen LogP contribution in [0.25, 0.3) is 0 Å². The molecule has 4 nitrogen and oxygen atoms in total. The maximum Gasteiger partial charge on any atom is 0.142 e. The van der Waals surface area contributed by atoms with E-state index in [1.54, 1.807) is 12.1 Å². The Morgan fingerprint density at radius 2 is 2.50 bits per heavy atom. The van der Waals surface area contributed by atoms with Crippen LogP contribution in [-0.4, -0.2) is 4.98 Å².